The maximum Gasteiger partial charge on any atom is 0.0416 e. The summed E-state index contributed by atoms with van der Waals surface area (Å²) < 4.78 is 0. The van der Waals surface area contributed by atoms with Crippen LogP contribution in [0.3, 0.4) is 0 Å². The fourth-order valence-corrected chi connectivity index (χ4v) is 3.95. The van der Waals surface area contributed by atoms with Gasteiger partial charge in [-0.3, -0.25) is 9.88 Å². The van der Waals surface area contributed by atoms with E-state index >= 15 is 0 Å². The predicted molar refractivity (Wildman–Crippen MR) is 107 cm³/mol. The van der Waals surface area contributed by atoms with Gasteiger partial charge in [0.1, 0.15) is 0 Å². The fraction of sp³-hybridized carbons (Fsp3) is 0.476. The quantitative estimate of drug-likeness (QED) is 0.700. The van der Waals surface area contributed by atoms with Crippen LogP contribution in [-0.4, -0.2) is 53.8 Å². The van der Waals surface area contributed by atoms with Gasteiger partial charge in [0.15, 0.2) is 0 Å². The molecule has 134 valence electrons. The van der Waals surface area contributed by atoms with E-state index in [2.05, 4.69) is 64.5 Å². The van der Waals surface area contributed by atoms with Crippen LogP contribution in [0.4, 0.5) is 0 Å². The molecule has 25 heavy (non-hydrogen) atoms. The summed E-state index contributed by atoms with van der Waals surface area (Å²) in [4.78, 5) is 10.9. The fourth-order valence-electron chi connectivity index (χ4n) is 3.54. The largest absolute Gasteiger partial charge is 0.302 e. The number of aromatic nitrogens is 1. The van der Waals surface area contributed by atoms with Gasteiger partial charge in [0.05, 0.1) is 0 Å². The molecule has 2 heterocycles. The van der Waals surface area contributed by atoms with Gasteiger partial charge in [-0.15, -0.1) is 11.8 Å². The highest BCUT2D eigenvalue weighted by molar-refractivity contribution is 7.98. The van der Waals surface area contributed by atoms with E-state index in [0.717, 1.165) is 19.5 Å². The molecular weight excluding hydrogens is 326 g/mol. The van der Waals surface area contributed by atoms with Crippen molar-refractivity contribution in [2.75, 3.05) is 32.9 Å². The lowest BCUT2D eigenvalue weighted by Gasteiger charge is -2.37. The summed E-state index contributed by atoms with van der Waals surface area (Å²) in [5.74, 6) is 0. The second-order valence-electron chi connectivity index (χ2n) is 6.93. The Balaban J connectivity index is 1.49. The minimum Gasteiger partial charge on any atom is -0.302 e. The molecule has 2 aromatic rings. The van der Waals surface area contributed by atoms with Crippen molar-refractivity contribution < 1.29 is 0 Å². The average Bonchev–Trinajstić information content (AvgIpc) is 2.68. The molecule has 0 bridgehead atoms. The Kier molecular flexibility index (Phi) is 6.91. The Labute approximate surface area is 156 Å². The highest BCUT2D eigenvalue weighted by atomic mass is 32.2. The summed E-state index contributed by atoms with van der Waals surface area (Å²) in [5, 5.41) is 0. The number of thioether (sulfide) groups is 1. The average molecular weight is 356 g/mol. The third kappa shape index (κ3) is 5.56. The molecule has 0 N–H and O–H groups in total. The van der Waals surface area contributed by atoms with E-state index in [9.17, 15) is 0 Å². The third-order valence-electron chi connectivity index (χ3n) is 5.12. The summed E-state index contributed by atoms with van der Waals surface area (Å²) in [6.45, 7) is 4.54. The molecule has 1 aromatic carbocycles. The Bertz CT molecular complexity index is 629. The smallest absolute Gasteiger partial charge is 0.0416 e. The molecule has 0 saturated carbocycles. The van der Waals surface area contributed by atoms with E-state index in [1.807, 2.05) is 12.3 Å². The molecular formula is C21H29N3S. The van der Waals surface area contributed by atoms with Crippen LogP contribution in [0.2, 0.25) is 0 Å². The topological polar surface area (TPSA) is 19.4 Å². The van der Waals surface area contributed by atoms with Gasteiger partial charge in [-0.25, -0.2) is 0 Å². The second-order valence-corrected chi connectivity index (χ2v) is 7.81. The van der Waals surface area contributed by atoms with Crippen LogP contribution in [0, 0.1) is 0 Å². The van der Waals surface area contributed by atoms with E-state index in [4.69, 9.17) is 0 Å². The Morgan fingerprint density at radius 3 is 2.76 bits per heavy atom. The number of likely N-dealkylation sites (N-methyl/N-ethyl adjacent to an activating group) is 1. The normalized spacial score (nSPS) is 18.6. The molecule has 0 amide bonds. The molecule has 1 aliphatic rings. The predicted octanol–water partition coefficient (Wildman–Crippen LogP) is 3.94. The zero-order chi connectivity index (χ0) is 17.5. The summed E-state index contributed by atoms with van der Waals surface area (Å²) in [6, 6.07) is 15.9. The van der Waals surface area contributed by atoms with Crippen LogP contribution < -0.4 is 0 Å². The molecule has 0 unspecified atom stereocenters. The van der Waals surface area contributed by atoms with Gasteiger partial charge in [0.25, 0.3) is 0 Å². The minimum absolute atomic E-state index is 0.655. The highest BCUT2D eigenvalue weighted by Gasteiger charge is 2.23. The van der Waals surface area contributed by atoms with Crippen molar-refractivity contribution in [3.05, 3.63) is 59.9 Å². The van der Waals surface area contributed by atoms with Crippen molar-refractivity contribution in [1.82, 2.24) is 14.8 Å². The molecule has 3 rings (SSSR count). The maximum atomic E-state index is 4.44. The van der Waals surface area contributed by atoms with E-state index in [1.165, 1.54) is 42.1 Å². The van der Waals surface area contributed by atoms with Crippen LogP contribution in [0.15, 0.2) is 53.6 Å². The Morgan fingerprint density at radius 2 is 2.04 bits per heavy atom. The number of hydrogen-bond acceptors (Lipinski definition) is 4. The summed E-state index contributed by atoms with van der Waals surface area (Å²) in [5.41, 5.74) is 2.62. The molecule has 0 spiro atoms. The number of nitrogens with zero attached hydrogens (tertiary/aromatic N) is 3. The molecule has 0 radical (unpaired) electrons. The number of hydrogen-bond donors (Lipinski definition) is 0. The summed E-state index contributed by atoms with van der Waals surface area (Å²) in [6.07, 6.45) is 7.65. The van der Waals surface area contributed by atoms with Crippen LogP contribution in [0.5, 0.6) is 0 Å². The molecule has 1 aliphatic heterocycles. The molecule has 1 aromatic heterocycles. The van der Waals surface area contributed by atoms with Gasteiger partial charge in [-0.2, -0.15) is 0 Å². The van der Waals surface area contributed by atoms with Crippen molar-refractivity contribution in [2.45, 2.75) is 36.7 Å². The molecule has 1 fully saturated rings. The van der Waals surface area contributed by atoms with E-state index in [1.54, 1.807) is 11.8 Å². The van der Waals surface area contributed by atoms with E-state index < -0.39 is 0 Å². The van der Waals surface area contributed by atoms with Gasteiger partial charge in [0, 0.05) is 48.9 Å². The first-order chi connectivity index (χ1) is 12.2. The second kappa shape index (κ2) is 9.37. The molecule has 0 aliphatic carbocycles. The lowest BCUT2D eigenvalue weighted by molar-refractivity contribution is 0.112. The zero-order valence-corrected chi connectivity index (χ0v) is 16.2. The number of pyridine rings is 1. The van der Waals surface area contributed by atoms with Gasteiger partial charge in [0.2, 0.25) is 0 Å². The SMILES string of the molecule is CSc1ccc(CN2CCC[C@@H](N(C)CCc3ccccn3)C2)cc1. The first kappa shape index (κ1) is 18.4. The standard InChI is InChI=1S/C21H29N3S/c1-23(15-12-19-6-3-4-13-22-19)20-7-5-14-24(17-20)16-18-8-10-21(25-2)11-9-18/h3-4,6,8-11,13,20H,5,7,12,14-17H2,1-2H3/t20-/m1/s1. The van der Waals surface area contributed by atoms with Crippen molar-refractivity contribution in [2.24, 2.45) is 0 Å². The van der Waals surface area contributed by atoms with Gasteiger partial charge in [-0.05, 0) is 62.5 Å². The highest BCUT2D eigenvalue weighted by Crippen LogP contribution is 2.19. The van der Waals surface area contributed by atoms with E-state index in [0.29, 0.717) is 6.04 Å². The van der Waals surface area contributed by atoms with E-state index in [-0.39, 0.29) is 0 Å². The van der Waals surface area contributed by atoms with Crippen molar-refractivity contribution in [1.29, 1.82) is 0 Å². The number of rotatable bonds is 7. The number of benzene rings is 1. The van der Waals surface area contributed by atoms with Crippen LogP contribution in [-0.2, 0) is 13.0 Å². The molecule has 4 heteroatoms. The molecule has 1 atom stereocenters. The lowest BCUT2D eigenvalue weighted by atomic mass is 10.0. The monoisotopic (exact) mass is 355 g/mol. The van der Waals surface area contributed by atoms with Crippen molar-refractivity contribution >= 4 is 11.8 Å². The summed E-state index contributed by atoms with van der Waals surface area (Å²) in [7, 11) is 2.27. The van der Waals surface area contributed by atoms with Crippen LogP contribution >= 0.6 is 11.8 Å². The first-order valence-corrected chi connectivity index (χ1v) is 10.4. The van der Waals surface area contributed by atoms with Gasteiger partial charge in [-0.1, -0.05) is 18.2 Å². The molecule has 3 nitrogen and oxygen atoms in total. The Hall–Kier alpha value is -1.36. The number of piperidine rings is 1. The zero-order valence-electron chi connectivity index (χ0n) is 15.4. The lowest BCUT2D eigenvalue weighted by Crippen LogP contribution is -2.46. The third-order valence-corrected chi connectivity index (χ3v) is 5.86. The number of likely N-dealkylation sites (tertiary alicyclic amines) is 1. The van der Waals surface area contributed by atoms with Crippen molar-refractivity contribution in [3.8, 4) is 0 Å². The van der Waals surface area contributed by atoms with Crippen molar-refractivity contribution in [3.63, 3.8) is 0 Å². The first-order valence-electron chi connectivity index (χ1n) is 9.20. The maximum absolute atomic E-state index is 4.44. The van der Waals surface area contributed by atoms with Gasteiger partial charge >= 0.3 is 0 Å². The van der Waals surface area contributed by atoms with Crippen LogP contribution in [0.25, 0.3) is 0 Å². The minimum atomic E-state index is 0.655. The molecule has 1 saturated heterocycles. The van der Waals surface area contributed by atoms with Crippen LogP contribution in [0.1, 0.15) is 24.1 Å². The summed E-state index contributed by atoms with van der Waals surface area (Å²) >= 11 is 1.81. The van der Waals surface area contributed by atoms with Gasteiger partial charge < -0.3 is 4.90 Å². The Morgan fingerprint density at radius 1 is 1.20 bits per heavy atom.